The Labute approximate surface area is 111 Å². The Morgan fingerprint density at radius 1 is 1.28 bits per heavy atom. The van der Waals surface area contributed by atoms with E-state index in [1.54, 1.807) is 0 Å². The van der Waals surface area contributed by atoms with Gasteiger partial charge in [0, 0.05) is 5.54 Å². The molecular formula is C15H28N2O. The van der Waals surface area contributed by atoms with Crippen molar-refractivity contribution in [1.82, 2.24) is 4.90 Å². The quantitative estimate of drug-likeness (QED) is 0.817. The molecule has 104 valence electrons. The van der Waals surface area contributed by atoms with Crippen molar-refractivity contribution in [3.63, 3.8) is 0 Å². The minimum Gasteiger partial charge on any atom is -0.497 e. The van der Waals surface area contributed by atoms with Gasteiger partial charge in [0.15, 0.2) is 0 Å². The first-order valence-corrected chi connectivity index (χ1v) is 7.58. The Bertz CT molecular complexity index is 291. The minimum absolute atomic E-state index is 0.0557. The molecule has 1 aliphatic heterocycles. The van der Waals surface area contributed by atoms with Gasteiger partial charge in [-0.1, -0.05) is 26.7 Å². The summed E-state index contributed by atoms with van der Waals surface area (Å²) in [6, 6.07) is 0.0557. The van der Waals surface area contributed by atoms with Gasteiger partial charge in [-0.2, -0.15) is 0 Å². The molecule has 2 aliphatic rings. The summed E-state index contributed by atoms with van der Waals surface area (Å²) in [6.45, 7) is 7.49. The van der Waals surface area contributed by atoms with E-state index in [2.05, 4.69) is 24.8 Å². The van der Waals surface area contributed by atoms with Crippen LogP contribution >= 0.6 is 0 Å². The third-order valence-electron chi connectivity index (χ3n) is 4.71. The van der Waals surface area contributed by atoms with E-state index < -0.39 is 0 Å². The van der Waals surface area contributed by atoms with E-state index in [9.17, 15) is 0 Å². The molecule has 0 aromatic rings. The Kier molecular flexibility index (Phi) is 4.68. The molecule has 1 heterocycles. The number of nitrogens with zero attached hydrogens (tertiary/aromatic N) is 1. The highest BCUT2D eigenvalue weighted by Gasteiger charge is 2.45. The second kappa shape index (κ2) is 6.07. The van der Waals surface area contributed by atoms with Crippen LogP contribution in [0.5, 0.6) is 0 Å². The normalized spacial score (nSPS) is 24.8. The van der Waals surface area contributed by atoms with Crippen LogP contribution in [0.15, 0.2) is 11.8 Å². The fraction of sp³-hybridized carbons (Fsp3) is 0.867. The number of rotatable bonds is 5. The lowest BCUT2D eigenvalue weighted by atomic mass is 9.84. The van der Waals surface area contributed by atoms with Gasteiger partial charge in [-0.15, -0.1) is 0 Å². The van der Waals surface area contributed by atoms with E-state index >= 15 is 0 Å². The topological polar surface area (TPSA) is 38.5 Å². The van der Waals surface area contributed by atoms with Gasteiger partial charge in [0.05, 0.1) is 12.6 Å². The highest BCUT2D eigenvalue weighted by Crippen LogP contribution is 2.40. The van der Waals surface area contributed by atoms with Crippen molar-refractivity contribution in [2.75, 3.05) is 19.7 Å². The molecule has 3 heteroatoms. The van der Waals surface area contributed by atoms with Crippen LogP contribution in [0, 0.1) is 0 Å². The molecule has 3 nitrogen and oxygen atoms in total. The molecule has 0 spiro atoms. The highest BCUT2D eigenvalue weighted by molar-refractivity contribution is 5.16. The lowest BCUT2D eigenvalue weighted by molar-refractivity contribution is 0.0569. The maximum atomic E-state index is 6.61. The van der Waals surface area contributed by atoms with Gasteiger partial charge in [-0.05, 0) is 44.8 Å². The molecule has 0 aromatic heterocycles. The summed E-state index contributed by atoms with van der Waals surface area (Å²) in [5.41, 5.74) is 6.75. The van der Waals surface area contributed by atoms with E-state index in [-0.39, 0.29) is 11.6 Å². The van der Waals surface area contributed by atoms with Gasteiger partial charge in [0.1, 0.15) is 5.76 Å². The van der Waals surface area contributed by atoms with Gasteiger partial charge < -0.3 is 10.5 Å². The number of likely N-dealkylation sites (N-methyl/N-ethyl adjacent to an activating group) is 1. The zero-order chi connectivity index (χ0) is 13.0. The molecule has 2 N–H and O–H groups in total. The van der Waals surface area contributed by atoms with E-state index in [1.807, 2.05) is 0 Å². The van der Waals surface area contributed by atoms with Crippen LogP contribution in [-0.2, 0) is 4.74 Å². The molecule has 18 heavy (non-hydrogen) atoms. The molecule has 1 fully saturated rings. The Balaban J connectivity index is 2.20. The van der Waals surface area contributed by atoms with Crippen molar-refractivity contribution < 1.29 is 4.74 Å². The predicted octanol–water partition coefficient (Wildman–Crippen LogP) is 2.66. The van der Waals surface area contributed by atoms with Gasteiger partial charge >= 0.3 is 0 Å². The second-order valence-corrected chi connectivity index (χ2v) is 5.56. The predicted molar refractivity (Wildman–Crippen MR) is 75.4 cm³/mol. The zero-order valence-corrected chi connectivity index (χ0v) is 12.0. The summed E-state index contributed by atoms with van der Waals surface area (Å²) in [7, 11) is 0. The zero-order valence-electron chi connectivity index (χ0n) is 12.0. The summed E-state index contributed by atoms with van der Waals surface area (Å²) >= 11 is 0. The maximum absolute atomic E-state index is 6.61. The molecule has 1 aliphatic carbocycles. The van der Waals surface area contributed by atoms with E-state index in [0.29, 0.717) is 0 Å². The van der Waals surface area contributed by atoms with Crippen LogP contribution in [0.25, 0.3) is 0 Å². The second-order valence-electron chi connectivity index (χ2n) is 5.56. The van der Waals surface area contributed by atoms with Crippen molar-refractivity contribution >= 4 is 0 Å². The summed E-state index contributed by atoms with van der Waals surface area (Å²) in [5.74, 6) is 1.05. The van der Waals surface area contributed by atoms with Gasteiger partial charge in [-0.3, -0.25) is 4.90 Å². The smallest absolute Gasteiger partial charge is 0.111 e. The summed E-state index contributed by atoms with van der Waals surface area (Å²) < 4.78 is 5.83. The van der Waals surface area contributed by atoms with Crippen molar-refractivity contribution in [3.05, 3.63) is 11.8 Å². The molecule has 0 aromatic carbocycles. The standard InChI is InChI=1S/C15H28N2O/c1-3-17(4-2)15(10-6-7-11-15)14(16)13-9-5-8-12-18-13/h9,14H,3-8,10-12,16H2,1-2H3. The van der Waals surface area contributed by atoms with Crippen molar-refractivity contribution in [3.8, 4) is 0 Å². The number of hydrogen-bond acceptors (Lipinski definition) is 3. The van der Waals surface area contributed by atoms with Crippen molar-refractivity contribution in [2.24, 2.45) is 5.73 Å². The SMILES string of the molecule is CCN(CC)C1(C(N)C2=CCCCO2)CCCC1. The summed E-state index contributed by atoms with van der Waals surface area (Å²) in [4.78, 5) is 2.56. The fourth-order valence-corrected chi connectivity index (χ4v) is 3.72. The maximum Gasteiger partial charge on any atom is 0.111 e. The molecule has 1 atom stereocenters. The number of hydrogen-bond donors (Lipinski definition) is 1. The average molecular weight is 252 g/mol. The van der Waals surface area contributed by atoms with Crippen LogP contribution in [0.4, 0.5) is 0 Å². The molecule has 0 radical (unpaired) electrons. The highest BCUT2D eigenvalue weighted by atomic mass is 16.5. The van der Waals surface area contributed by atoms with Crippen LogP contribution in [0.1, 0.15) is 52.4 Å². The monoisotopic (exact) mass is 252 g/mol. The third-order valence-corrected chi connectivity index (χ3v) is 4.71. The average Bonchev–Trinajstić information content (AvgIpc) is 2.91. The minimum atomic E-state index is 0.0557. The third kappa shape index (κ3) is 2.43. The van der Waals surface area contributed by atoms with E-state index in [0.717, 1.165) is 38.3 Å². The molecule has 0 saturated heterocycles. The lowest BCUT2D eigenvalue weighted by Crippen LogP contribution is -2.59. The molecule has 0 bridgehead atoms. The first kappa shape index (κ1) is 13.9. The van der Waals surface area contributed by atoms with Crippen LogP contribution < -0.4 is 5.73 Å². The Hall–Kier alpha value is -0.540. The molecule has 0 amide bonds. The Morgan fingerprint density at radius 2 is 1.94 bits per heavy atom. The van der Waals surface area contributed by atoms with E-state index in [4.69, 9.17) is 10.5 Å². The van der Waals surface area contributed by atoms with E-state index in [1.165, 1.54) is 25.7 Å². The number of ether oxygens (including phenoxy) is 1. The largest absolute Gasteiger partial charge is 0.497 e. The molecule has 2 rings (SSSR count). The first-order chi connectivity index (χ1) is 8.74. The van der Waals surface area contributed by atoms with Crippen LogP contribution in [0.3, 0.4) is 0 Å². The van der Waals surface area contributed by atoms with Crippen LogP contribution in [-0.4, -0.2) is 36.2 Å². The molecular weight excluding hydrogens is 224 g/mol. The van der Waals surface area contributed by atoms with Crippen LogP contribution in [0.2, 0.25) is 0 Å². The Morgan fingerprint density at radius 3 is 2.44 bits per heavy atom. The summed E-state index contributed by atoms with van der Waals surface area (Å²) in [6.07, 6.45) is 9.52. The lowest BCUT2D eigenvalue weighted by Gasteiger charge is -2.45. The van der Waals surface area contributed by atoms with Gasteiger partial charge in [-0.25, -0.2) is 0 Å². The van der Waals surface area contributed by atoms with Gasteiger partial charge in [0.2, 0.25) is 0 Å². The van der Waals surface area contributed by atoms with Crippen molar-refractivity contribution in [1.29, 1.82) is 0 Å². The van der Waals surface area contributed by atoms with Gasteiger partial charge in [0.25, 0.3) is 0 Å². The fourth-order valence-electron chi connectivity index (χ4n) is 3.72. The number of allylic oxidation sites excluding steroid dienone is 1. The molecule has 1 saturated carbocycles. The summed E-state index contributed by atoms with van der Waals surface area (Å²) in [5, 5.41) is 0. The number of nitrogens with two attached hydrogens (primary N) is 1. The first-order valence-electron chi connectivity index (χ1n) is 7.58. The molecule has 1 unspecified atom stereocenters. The van der Waals surface area contributed by atoms with Crippen molar-refractivity contribution in [2.45, 2.75) is 64.0 Å².